The molecule has 0 saturated heterocycles. The molecule has 0 saturated carbocycles. The number of para-hydroxylation sites is 1. The summed E-state index contributed by atoms with van der Waals surface area (Å²) < 4.78 is 4.90. The fraction of sp³-hybridized carbons (Fsp3) is 0.273. The maximum absolute atomic E-state index is 12.5. The number of nitrogens with one attached hydrogen (secondary N) is 2. The van der Waals surface area contributed by atoms with Crippen LogP contribution in [0.15, 0.2) is 48.7 Å². The topological polar surface area (TPSA) is 71.2 Å². The molecule has 0 spiro atoms. The second-order valence-corrected chi connectivity index (χ2v) is 6.80. The Morgan fingerprint density at radius 2 is 1.89 bits per heavy atom. The summed E-state index contributed by atoms with van der Waals surface area (Å²) in [6.45, 7) is 4.05. The van der Waals surface area contributed by atoms with E-state index in [2.05, 4.69) is 10.3 Å². The molecule has 5 heteroatoms. The molecule has 3 aromatic rings. The number of hydrogen-bond acceptors (Lipinski definition) is 3. The first-order valence-electron chi connectivity index (χ1n) is 8.96. The maximum Gasteiger partial charge on any atom is 0.328 e. The van der Waals surface area contributed by atoms with Crippen LogP contribution in [-0.4, -0.2) is 30.0 Å². The number of aromatic amines is 1. The third-order valence-corrected chi connectivity index (χ3v) is 4.86. The van der Waals surface area contributed by atoms with Crippen molar-refractivity contribution >= 4 is 22.8 Å². The fourth-order valence-corrected chi connectivity index (χ4v) is 3.20. The molecule has 1 amide bonds. The van der Waals surface area contributed by atoms with Crippen LogP contribution in [0.25, 0.3) is 10.9 Å². The van der Waals surface area contributed by atoms with Crippen LogP contribution in [0, 0.1) is 13.8 Å². The lowest BCUT2D eigenvalue weighted by atomic mass is 10.0. The van der Waals surface area contributed by atoms with E-state index < -0.39 is 12.0 Å². The average molecular weight is 364 g/mol. The summed E-state index contributed by atoms with van der Waals surface area (Å²) in [6.07, 6.45) is 2.47. The summed E-state index contributed by atoms with van der Waals surface area (Å²) in [7, 11) is 1.33. The van der Waals surface area contributed by atoms with E-state index >= 15 is 0 Å². The summed E-state index contributed by atoms with van der Waals surface area (Å²) in [5.41, 5.74) is 5.21. The normalized spacial score (nSPS) is 12.0. The molecule has 0 aliphatic heterocycles. The highest BCUT2D eigenvalue weighted by Crippen LogP contribution is 2.19. The summed E-state index contributed by atoms with van der Waals surface area (Å²) in [5.74, 6) is -0.651. The van der Waals surface area contributed by atoms with Gasteiger partial charge >= 0.3 is 5.97 Å². The number of esters is 1. The van der Waals surface area contributed by atoms with Gasteiger partial charge in [-0.3, -0.25) is 4.79 Å². The lowest BCUT2D eigenvalue weighted by molar-refractivity contribution is -0.145. The molecule has 0 aliphatic carbocycles. The van der Waals surface area contributed by atoms with Crippen LogP contribution in [0.3, 0.4) is 0 Å². The van der Waals surface area contributed by atoms with E-state index in [4.69, 9.17) is 4.74 Å². The number of aromatic nitrogens is 1. The molecular weight excluding hydrogens is 340 g/mol. The zero-order chi connectivity index (χ0) is 19.4. The molecule has 1 atom stereocenters. The van der Waals surface area contributed by atoms with Crippen molar-refractivity contribution in [2.24, 2.45) is 0 Å². The van der Waals surface area contributed by atoms with Gasteiger partial charge in [-0.1, -0.05) is 36.4 Å². The van der Waals surface area contributed by atoms with Crippen molar-refractivity contribution in [3.63, 3.8) is 0 Å². The summed E-state index contributed by atoms with van der Waals surface area (Å²) in [5, 5.41) is 3.86. The summed E-state index contributed by atoms with van der Waals surface area (Å²) in [6, 6.07) is 13.1. The number of aryl methyl sites for hydroxylation is 2. The minimum atomic E-state index is -0.728. The van der Waals surface area contributed by atoms with E-state index in [1.165, 1.54) is 12.7 Å². The number of amides is 1. The largest absolute Gasteiger partial charge is 0.467 e. The van der Waals surface area contributed by atoms with Crippen molar-refractivity contribution in [3.05, 3.63) is 70.9 Å². The quantitative estimate of drug-likeness (QED) is 0.660. The van der Waals surface area contributed by atoms with Crippen molar-refractivity contribution in [3.8, 4) is 0 Å². The molecular formula is C22H24N2O3. The molecule has 2 N–H and O–H groups in total. The van der Waals surface area contributed by atoms with Crippen LogP contribution >= 0.6 is 0 Å². The molecule has 140 valence electrons. The van der Waals surface area contributed by atoms with Crippen molar-refractivity contribution < 1.29 is 14.3 Å². The van der Waals surface area contributed by atoms with Crippen molar-refractivity contribution in [2.75, 3.05) is 7.11 Å². The summed E-state index contributed by atoms with van der Waals surface area (Å²) in [4.78, 5) is 27.9. The molecule has 27 heavy (non-hydrogen) atoms. The minimum Gasteiger partial charge on any atom is -0.467 e. The van der Waals surface area contributed by atoms with Crippen molar-refractivity contribution in [2.45, 2.75) is 32.7 Å². The number of hydrogen-bond donors (Lipinski definition) is 2. The van der Waals surface area contributed by atoms with Gasteiger partial charge in [-0.05, 0) is 42.2 Å². The van der Waals surface area contributed by atoms with Crippen LogP contribution in [0.2, 0.25) is 0 Å². The maximum atomic E-state index is 12.5. The van der Waals surface area contributed by atoms with Gasteiger partial charge in [-0.15, -0.1) is 0 Å². The predicted molar refractivity (Wildman–Crippen MR) is 106 cm³/mol. The number of ether oxygens (including phenoxy) is 1. The Hall–Kier alpha value is -3.08. The van der Waals surface area contributed by atoms with Gasteiger partial charge in [0.2, 0.25) is 5.91 Å². The van der Waals surface area contributed by atoms with Crippen molar-refractivity contribution in [1.82, 2.24) is 10.3 Å². The fourth-order valence-electron chi connectivity index (χ4n) is 3.20. The van der Waals surface area contributed by atoms with Crippen LogP contribution in [0.1, 0.15) is 22.3 Å². The Labute approximate surface area is 158 Å². The lowest BCUT2D eigenvalue weighted by Gasteiger charge is -2.16. The Morgan fingerprint density at radius 3 is 2.63 bits per heavy atom. The highest BCUT2D eigenvalue weighted by atomic mass is 16.5. The Morgan fingerprint density at radius 1 is 1.11 bits per heavy atom. The van der Waals surface area contributed by atoms with Gasteiger partial charge in [0, 0.05) is 23.5 Å². The molecule has 0 bridgehead atoms. The number of carbonyl (C=O) groups excluding carboxylic acids is 2. The monoisotopic (exact) mass is 364 g/mol. The number of rotatable bonds is 6. The first-order valence-corrected chi connectivity index (χ1v) is 8.96. The standard InChI is InChI=1S/C22H24N2O3/c1-14-8-9-16(10-15(14)2)11-21(25)24-20(22(26)27-3)12-17-13-23-19-7-5-4-6-18(17)19/h4-10,13,20,23H,11-12H2,1-3H3,(H,24,25)/t20-/m1/s1. The third kappa shape index (κ3) is 4.37. The van der Waals surface area contributed by atoms with E-state index in [1.807, 2.05) is 62.5 Å². The van der Waals surface area contributed by atoms with Gasteiger partial charge < -0.3 is 15.0 Å². The highest BCUT2D eigenvalue weighted by molar-refractivity contribution is 5.88. The molecule has 5 nitrogen and oxygen atoms in total. The second kappa shape index (κ2) is 8.08. The lowest BCUT2D eigenvalue weighted by Crippen LogP contribution is -2.43. The van der Waals surface area contributed by atoms with Crippen LogP contribution in [-0.2, 0) is 27.2 Å². The van der Waals surface area contributed by atoms with Crippen molar-refractivity contribution in [1.29, 1.82) is 0 Å². The molecule has 3 rings (SSSR count). The van der Waals surface area contributed by atoms with E-state index in [-0.39, 0.29) is 12.3 Å². The van der Waals surface area contributed by atoms with Gasteiger partial charge in [0.1, 0.15) is 6.04 Å². The van der Waals surface area contributed by atoms with Gasteiger partial charge in [0.25, 0.3) is 0 Å². The van der Waals surface area contributed by atoms with E-state index in [0.29, 0.717) is 6.42 Å². The molecule has 1 aromatic heterocycles. The first-order chi connectivity index (χ1) is 13.0. The number of benzene rings is 2. The zero-order valence-corrected chi connectivity index (χ0v) is 15.8. The molecule has 2 aromatic carbocycles. The zero-order valence-electron chi connectivity index (χ0n) is 15.8. The Kier molecular flexibility index (Phi) is 5.60. The van der Waals surface area contributed by atoms with E-state index in [1.54, 1.807) is 0 Å². The van der Waals surface area contributed by atoms with Crippen LogP contribution < -0.4 is 5.32 Å². The minimum absolute atomic E-state index is 0.200. The smallest absolute Gasteiger partial charge is 0.328 e. The highest BCUT2D eigenvalue weighted by Gasteiger charge is 2.23. The van der Waals surface area contributed by atoms with Crippen LogP contribution in [0.4, 0.5) is 0 Å². The molecule has 0 fully saturated rings. The molecule has 0 unspecified atom stereocenters. The molecule has 0 radical (unpaired) electrons. The predicted octanol–water partition coefficient (Wildman–Crippen LogP) is 3.23. The number of methoxy groups -OCH3 is 1. The summed E-state index contributed by atoms with van der Waals surface area (Å²) >= 11 is 0. The van der Waals surface area contributed by atoms with Gasteiger partial charge in [0.05, 0.1) is 13.5 Å². The van der Waals surface area contributed by atoms with Gasteiger partial charge in [0.15, 0.2) is 0 Å². The van der Waals surface area contributed by atoms with Gasteiger partial charge in [-0.25, -0.2) is 4.79 Å². The van der Waals surface area contributed by atoms with E-state index in [0.717, 1.165) is 27.6 Å². The van der Waals surface area contributed by atoms with E-state index in [9.17, 15) is 9.59 Å². The third-order valence-electron chi connectivity index (χ3n) is 4.86. The Balaban J connectivity index is 1.73. The van der Waals surface area contributed by atoms with Gasteiger partial charge in [-0.2, -0.15) is 0 Å². The average Bonchev–Trinajstić information content (AvgIpc) is 3.06. The number of H-pyrrole nitrogens is 1. The van der Waals surface area contributed by atoms with Crippen LogP contribution in [0.5, 0.6) is 0 Å². The first kappa shape index (κ1) is 18.7. The number of fused-ring (bicyclic) bond motifs is 1. The molecule has 1 heterocycles. The molecule has 0 aliphatic rings. The SMILES string of the molecule is COC(=O)[C@@H](Cc1c[nH]c2ccccc12)NC(=O)Cc1ccc(C)c(C)c1. The number of carbonyl (C=O) groups is 2. The Bertz CT molecular complexity index is 975. The second-order valence-electron chi connectivity index (χ2n) is 6.80.